The lowest BCUT2D eigenvalue weighted by molar-refractivity contribution is 0.0730. The molecule has 1 aliphatic heterocycles. The monoisotopic (exact) mass is 400 g/mol. The summed E-state index contributed by atoms with van der Waals surface area (Å²) >= 11 is 0. The van der Waals surface area contributed by atoms with E-state index >= 15 is 0 Å². The Morgan fingerprint density at radius 3 is 2.57 bits per heavy atom. The average Bonchev–Trinajstić information content (AvgIpc) is 2.74. The molecule has 1 aliphatic rings. The van der Waals surface area contributed by atoms with Gasteiger partial charge in [0, 0.05) is 36.4 Å². The fraction of sp³-hybridized carbons (Fsp3) is 0.263. The number of nitrogens with zero attached hydrogens (tertiary/aromatic N) is 3. The topological polar surface area (TPSA) is 93.6 Å². The van der Waals surface area contributed by atoms with Gasteiger partial charge in [0.1, 0.15) is 5.75 Å². The molecule has 1 aromatic heterocycles. The molecule has 146 valence electrons. The summed E-state index contributed by atoms with van der Waals surface area (Å²) in [6.45, 7) is 1.58. The predicted octanol–water partition coefficient (Wildman–Crippen LogP) is 2.40. The first-order valence-corrected chi connectivity index (χ1v) is 10.3. The minimum Gasteiger partial charge on any atom is -0.497 e. The molecule has 1 fully saturated rings. The first kappa shape index (κ1) is 18.6. The van der Waals surface area contributed by atoms with Gasteiger partial charge in [0.05, 0.1) is 30.7 Å². The summed E-state index contributed by atoms with van der Waals surface area (Å²) in [4.78, 5) is 9.03. The second-order valence-electron chi connectivity index (χ2n) is 6.28. The summed E-state index contributed by atoms with van der Waals surface area (Å²) in [5.74, 6) is 1.14. The third kappa shape index (κ3) is 3.77. The van der Waals surface area contributed by atoms with Crippen molar-refractivity contribution in [2.24, 2.45) is 0 Å². The van der Waals surface area contributed by atoms with E-state index in [1.165, 1.54) is 4.31 Å². The van der Waals surface area contributed by atoms with Crippen molar-refractivity contribution in [1.29, 1.82) is 0 Å². The molecule has 9 heteroatoms. The van der Waals surface area contributed by atoms with E-state index in [4.69, 9.17) is 9.47 Å². The molecule has 0 unspecified atom stereocenters. The Kier molecular flexibility index (Phi) is 5.12. The molecule has 0 saturated carbocycles. The number of sulfonamides is 1. The van der Waals surface area contributed by atoms with Crippen molar-refractivity contribution in [2.45, 2.75) is 4.90 Å². The Morgan fingerprint density at radius 1 is 1.11 bits per heavy atom. The van der Waals surface area contributed by atoms with Crippen LogP contribution in [0.3, 0.4) is 0 Å². The highest BCUT2D eigenvalue weighted by atomic mass is 32.2. The normalized spacial score (nSPS) is 15.5. The lowest BCUT2D eigenvalue weighted by Crippen LogP contribution is -2.40. The third-order valence-electron chi connectivity index (χ3n) is 4.51. The summed E-state index contributed by atoms with van der Waals surface area (Å²) in [5.41, 5.74) is 1.45. The zero-order valence-electron chi connectivity index (χ0n) is 15.3. The van der Waals surface area contributed by atoms with Gasteiger partial charge in [-0.1, -0.05) is 0 Å². The smallest absolute Gasteiger partial charge is 0.243 e. The zero-order valence-corrected chi connectivity index (χ0v) is 16.1. The first-order valence-electron chi connectivity index (χ1n) is 8.82. The van der Waals surface area contributed by atoms with E-state index in [0.29, 0.717) is 37.9 Å². The fourth-order valence-corrected chi connectivity index (χ4v) is 4.37. The molecule has 3 aromatic rings. The number of hydrogen-bond donors (Lipinski definition) is 1. The Balaban J connectivity index is 1.53. The van der Waals surface area contributed by atoms with Gasteiger partial charge in [-0.3, -0.25) is 0 Å². The van der Waals surface area contributed by atoms with Crippen LogP contribution in [-0.2, 0) is 14.8 Å². The minimum atomic E-state index is -3.51. The molecular formula is C19H20N4O4S. The Labute approximate surface area is 163 Å². The number of aromatic nitrogens is 2. The quantitative estimate of drug-likeness (QED) is 0.703. The van der Waals surface area contributed by atoms with E-state index < -0.39 is 10.0 Å². The average molecular weight is 400 g/mol. The van der Waals surface area contributed by atoms with Crippen LogP contribution in [0.1, 0.15) is 0 Å². The lowest BCUT2D eigenvalue weighted by atomic mass is 10.2. The van der Waals surface area contributed by atoms with Gasteiger partial charge >= 0.3 is 0 Å². The molecule has 0 aliphatic carbocycles. The van der Waals surface area contributed by atoms with Crippen LogP contribution in [-0.4, -0.2) is 56.1 Å². The molecule has 1 saturated heterocycles. The number of methoxy groups -OCH3 is 1. The molecule has 2 heterocycles. The van der Waals surface area contributed by atoms with E-state index in [-0.39, 0.29) is 4.90 Å². The second-order valence-corrected chi connectivity index (χ2v) is 8.22. The summed E-state index contributed by atoms with van der Waals surface area (Å²) in [7, 11) is -1.90. The molecule has 0 atom stereocenters. The molecule has 1 N–H and O–H groups in total. The Bertz CT molecular complexity index is 1080. The predicted molar refractivity (Wildman–Crippen MR) is 105 cm³/mol. The first-order chi connectivity index (χ1) is 13.6. The van der Waals surface area contributed by atoms with Crippen LogP contribution in [0, 0.1) is 0 Å². The van der Waals surface area contributed by atoms with Crippen LogP contribution in [0.15, 0.2) is 53.6 Å². The van der Waals surface area contributed by atoms with Gasteiger partial charge in [0.2, 0.25) is 16.0 Å². The number of hydrogen-bond acceptors (Lipinski definition) is 7. The van der Waals surface area contributed by atoms with E-state index in [2.05, 4.69) is 15.3 Å². The lowest BCUT2D eigenvalue weighted by Gasteiger charge is -2.26. The number of fused-ring (bicyclic) bond motifs is 1. The van der Waals surface area contributed by atoms with Crippen molar-refractivity contribution in [3.05, 3.63) is 48.7 Å². The van der Waals surface area contributed by atoms with Gasteiger partial charge in [-0.05, 0) is 36.4 Å². The molecule has 2 aromatic carbocycles. The van der Waals surface area contributed by atoms with Gasteiger partial charge in [0.25, 0.3) is 0 Å². The Hall–Kier alpha value is -2.75. The van der Waals surface area contributed by atoms with Crippen LogP contribution in [0.2, 0.25) is 0 Å². The zero-order chi connectivity index (χ0) is 19.6. The highest BCUT2D eigenvalue weighted by Gasteiger charge is 2.26. The van der Waals surface area contributed by atoms with Crippen molar-refractivity contribution in [2.75, 3.05) is 38.7 Å². The number of rotatable bonds is 5. The maximum atomic E-state index is 12.7. The number of benzene rings is 2. The van der Waals surface area contributed by atoms with Gasteiger partial charge in [-0.25, -0.2) is 18.4 Å². The number of ether oxygens (including phenoxy) is 2. The standard InChI is InChI=1S/C19H20N4O4S/c1-26-16-5-2-14-13-20-19(22-18(14)12-16)21-15-3-6-17(7-4-15)28(24,25)23-8-10-27-11-9-23/h2-7,12-13H,8-11H2,1H3,(H,20,21,22). The van der Waals surface area contributed by atoms with Crippen molar-refractivity contribution in [1.82, 2.24) is 14.3 Å². The minimum absolute atomic E-state index is 0.254. The van der Waals surface area contributed by atoms with Crippen molar-refractivity contribution >= 4 is 32.6 Å². The summed E-state index contributed by atoms with van der Waals surface area (Å²) in [6, 6.07) is 12.1. The number of nitrogens with one attached hydrogen (secondary N) is 1. The summed E-state index contributed by atoms with van der Waals surface area (Å²) in [6.07, 6.45) is 1.72. The SMILES string of the molecule is COc1ccc2cnc(Nc3ccc(S(=O)(=O)N4CCOCC4)cc3)nc2c1. The van der Waals surface area contributed by atoms with Crippen molar-refractivity contribution in [3.8, 4) is 5.75 Å². The molecule has 0 bridgehead atoms. The largest absolute Gasteiger partial charge is 0.497 e. The van der Waals surface area contributed by atoms with Gasteiger partial charge in [-0.15, -0.1) is 0 Å². The van der Waals surface area contributed by atoms with Crippen LogP contribution in [0.4, 0.5) is 11.6 Å². The third-order valence-corrected chi connectivity index (χ3v) is 6.42. The highest BCUT2D eigenvalue weighted by molar-refractivity contribution is 7.89. The molecule has 0 radical (unpaired) electrons. The van der Waals surface area contributed by atoms with Gasteiger partial charge in [0.15, 0.2) is 0 Å². The second kappa shape index (κ2) is 7.70. The molecule has 0 spiro atoms. The van der Waals surface area contributed by atoms with Gasteiger partial charge in [-0.2, -0.15) is 4.31 Å². The fourth-order valence-electron chi connectivity index (χ4n) is 2.97. The molecule has 8 nitrogen and oxygen atoms in total. The molecule has 4 rings (SSSR count). The number of anilines is 2. The van der Waals surface area contributed by atoms with Crippen LogP contribution >= 0.6 is 0 Å². The van der Waals surface area contributed by atoms with E-state index in [1.807, 2.05) is 18.2 Å². The van der Waals surface area contributed by atoms with Gasteiger partial charge < -0.3 is 14.8 Å². The van der Waals surface area contributed by atoms with Crippen LogP contribution in [0.5, 0.6) is 5.75 Å². The maximum Gasteiger partial charge on any atom is 0.243 e. The molecule has 0 amide bonds. The van der Waals surface area contributed by atoms with E-state index in [9.17, 15) is 8.42 Å². The summed E-state index contributed by atoms with van der Waals surface area (Å²) < 4.78 is 37.2. The van der Waals surface area contributed by atoms with Crippen LogP contribution < -0.4 is 10.1 Å². The Morgan fingerprint density at radius 2 is 1.86 bits per heavy atom. The highest BCUT2D eigenvalue weighted by Crippen LogP contribution is 2.23. The van der Waals surface area contributed by atoms with Crippen molar-refractivity contribution < 1.29 is 17.9 Å². The summed E-state index contributed by atoms with van der Waals surface area (Å²) in [5, 5.41) is 4.00. The molecular weight excluding hydrogens is 380 g/mol. The van der Waals surface area contributed by atoms with Crippen molar-refractivity contribution in [3.63, 3.8) is 0 Å². The van der Waals surface area contributed by atoms with Crippen LogP contribution in [0.25, 0.3) is 10.9 Å². The maximum absolute atomic E-state index is 12.7. The van der Waals surface area contributed by atoms with E-state index in [0.717, 1.165) is 16.7 Å². The number of morpholine rings is 1. The van der Waals surface area contributed by atoms with E-state index in [1.54, 1.807) is 37.6 Å². The molecule has 28 heavy (non-hydrogen) atoms.